The molecule has 210 valence electrons. The zero-order valence-electron chi connectivity index (χ0n) is 22.1. The molecule has 1 amide bonds. The Morgan fingerprint density at radius 1 is 1.00 bits per heavy atom. The van der Waals surface area contributed by atoms with E-state index in [1.54, 1.807) is 24.4 Å². The van der Waals surface area contributed by atoms with Crippen LogP contribution in [0.5, 0.6) is 5.75 Å². The molecule has 40 heavy (non-hydrogen) atoms. The molecule has 0 unspecified atom stereocenters. The number of fused-ring (bicyclic) bond motifs is 1. The van der Waals surface area contributed by atoms with Crippen molar-refractivity contribution in [2.24, 2.45) is 7.05 Å². The summed E-state index contributed by atoms with van der Waals surface area (Å²) in [4.78, 5) is 22.0. The van der Waals surface area contributed by atoms with Crippen LogP contribution >= 0.6 is 11.6 Å². The number of hydrogen-bond acceptors (Lipinski definition) is 5. The van der Waals surface area contributed by atoms with Crippen LogP contribution in [0.25, 0.3) is 11.0 Å². The van der Waals surface area contributed by atoms with Crippen molar-refractivity contribution in [1.29, 1.82) is 0 Å². The number of rotatable bonds is 7. The van der Waals surface area contributed by atoms with Crippen LogP contribution in [0, 0.1) is 0 Å². The van der Waals surface area contributed by atoms with Crippen molar-refractivity contribution < 1.29 is 22.7 Å². The monoisotopic (exact) mass is 571 g/mol. The van der Waals surface area contributed by atoms with E-state index in [9.17, 15) is 18.0 Å². The van der Waals surface area contributed by atoms with Gasteiger partial charge in [-0.2, -0.15) is 0 Å². The van der Waals surface area contributed by atoms with Crippen molar-refractivity contribution in [3.05, 3.63) is 82.6 Å². The highest BCUT2D eigenvalue weighted by atomic mass is 35.5. The highest BCUT2D eigenvalue weighted by Gasteiger charge is 2.31. The number of ether oxygens (including phenoxy) is 1. The third-order valence-corrected chi connectivity index (χ3v) is 7.35. The molecule has 11 heteroatoms. The second-order valence-corrected chi connectivity index (χ2v) is 10.1. The molecule has 0 saturated carbocycles. The van der Waals surface area contributed by atoms with Gasteiger partial charge in [0.1, 0.15) is 11.4 Å². The zero-order valence-corrected chi connectivity index (χ0v) is 22.9. The summed E-state index contributed by atoms with van der Waals surface area (Å²) in [6.45, 7) is 5.41. The molecule has 1 saturated heterocycles. The highest BCUT2D eigenvalue weighted by Crippen LogP contribution is 2.28. The summed E-state index contributed by atoms with van der Waals surface area (Å²) in [5, 5.41) is 4.27. The van der Waals surface area contributed by atoms with Crippen LogP contribution in [0.4, 0.5) is 24.5 Å². The molecule has 1 aliphatic rings. The highest BCUT2D eigenvalue weighted by molar-refractivity contribution is 6.31. The SMILES string of the molecule is CCc1c(C(=O)NCc2ccc(N3CCN(c4ccc(OC(F)(F)F)cc4)CC3)cc2)c2cc(Cl)cnc2n1C. The van der Waals surface area contributed by atoms with Gasteiger partial charge in [-0.05, 0) is 54.4 Å². The van der Waals surface area contributed by atoms with Crippen LogP contribution in [0.1, 0.15) is 28.5 Å². The minimum Gasteiger partial charge on any atom is -0.406 e. The van der Waals surface area contributed by atoms with Gasteiger partial charge in [0.15, 0.2) is 0 Å². The van der Waals surface area contributed by atoms with Gasteiger partial charge >= 0.3 is 6.36 Å². The molecule has 5 rings (SSSR count). The van der Waals surface area contributed by atoms with Crippen molar-refractivity contribution in [2.75, 3.05) is 36.0 Å². The number of nitrogens with zero attached hydrogens (tertiary/aromatic N) is 4. The Hall–Kier alpha value is -3.92. The van der Waals surface area contributed by atoms with Crippen LogP contribution in [-0.2, 0) is 20.0 Å². The fourth-order valence-corrected chi connectivity index (χ4v) is 5.34. The van der Waals surface area contributed by atoms with E-state index in [0.717, 1.165) is 59.8 Å². The number of hydrogen-bond donors (Lipinski definition) is 1. The first-order chi connectivity index (χ1) is 19.1. The number of pyridine rings is 1. The lowest BCUT2D eigenvalue weighted by Gasteiger charge is -2.37. The van der Waals surface area contributed by atoms with Crippen LogP contribution in [-0.4, -0.2) is 48.0 Å². The fourth-order valence-electron chi connectivity index (χ4n) is 5.18. The third kappa shape index (κ3) is 5.96. The van der Waals surface area contributed by atoms with Crippen LogP contribution < -0.4 is 19.9 Å². The van der Waals surface area contributed by atoms with Gasteiger partial charge in [0.2, 0.25) is 0 Å². The topological polar surface area (TPSA) is 62.6 Å². The molecule has 2 aromatic carbocycles. The van der Waals surface area contributed by atoms with Crippen molar-refractivity contribution in [3.8, 4) is 5.75 Å². The quantitative estimate of drug-likeness (QED) is 0.297. The summed E-state index contributed by atoms with van der Waals surface area (Å²) >= 11 is 6.17. The van der Waals surface area contributed by atoms with Crippen LogP contribution in [0.2, 0.25) is 5.02 Å². The number of aromatic nitrogens is 2. The van der Waals surface area contributed by atoms with Gasteiger partial charge in [-0.1, -0.05) is 30.7 Å². The molecule has 0 spiro atoms. The Bertz CT molecular complexity index is 1500. The standard InChI is InChI=1S/C29H29ClF3N5O2/c1-3-25-26(24-16-20(30)18-34-27(24)36(25)2)28(39)35-17-19-4-6-21(7-5-19)37-12-14-38(15-13-37)22-8-10-23(11-9-22)40-29(31,32)33/h4-11,16,18H,3,12-15,17H2,1-2H3,(H,35,39). The maximum absolute atomic E-state index is 13.2. The minimum absolute atomic E-state index is 0.162. The molecular weight excluding hydrogens is 543 g/mol. The van der Waals surface area contributed by atoms with Gasteiger partial charge in [0.25, 0.3) is 5.91 Å². The smallest absolute Gasteiger partial charge is 0.406 e. The van der Waals surface area contributed by atoms with E-state index in [-0.39, 0.29) is 11.7 Å². The van der Waals surface area contributed by atoms with Crippen molar-refractivity contribution in [1.82, 2.24) is 14.9 Å². The largest absolute Gasteiger partial charge is 0.573 e. The summed E-state index contributed by atoms with van der Waals surface area (Å²) in [5.41, 5.74) is 5.14. The van der Waals surface area contributed by atoms with E-state index in [0.29, 0.717) is 23.6 Å². The molecule has 2 aromatic heterocycles. The minimum atomic E-state index is -4.70. The van der Waals surface area contributed by atoms with Crippen molar-refractivity contribution in [3.63, 3.8) is 0 Å². The Balaban J connectivity index is 1.17. The summed E-state index contributed by atoms with van der Waals surface area (Å²) in [5.74, 6) is -0.389. The molecule has 4 aromatic rings. The molecule has 7 nitrogen and oxygen atoms in total. The predicted octanol–water partition coefficient (Wildman–Crippen LogP) is 5.94. The molecule has 0 aliphatic carbocycles. The summed E-state index contributed by atoms with van der Waals surface area (Å²) < 4.78 is 43.1. The van der Waals surface area contributed by atoms with E-state index in [1.807, 2.05) is 42.8 Å². The number of aryl methyl sites for hydroxylation is 1. The lowest BCUT2D eigenvalue weighted by molar-refractivity contribution is -0.274. The normalized spacial score (nSPS) is 14.1. The van der Waals surface area contributed by atoms with E-state index in [4.69, 9.17) is 11.6 Å². The molecule has 0 bridgehead atoms. The van der Waals surface area contributed by atoms with Gasteiger partial charge in [0.05, 0.1) is 10.6 Å². The average molecular weight is 572 g/mol. The van der Waals surface area contributed by atoms with E-state index < -0.39 is 6.36 Å². The molecule has 0 radical (unpaired) electrons. The Kier molecular flexibility index (Phi) is 7.80. The van der Waals surface area contributed by atoms with Gasteiger partial charge in [0, 0.05) is 68.4 Å². The summed E-state index contributed by atoms with van der Waals surface area (Å²) in [6.07, 6.45) is -2.43. The average Bonchev–Trinajstić information content (AvgIpc) is 3.22. The summed E-state index contributed by atoms with van der Waals surface area (Å²) in [7, 11) is 1.90. The maximum atomic E-state index is 13.2. The number of nitrogens with one attached hydrogen (secondary N) is 1. The van der Waals surface area contributed by atoms with E-state index in [2.05, 4.69) is 24.8 Å². The number of alkyl halides is 3. The molecule has 1 fully saturated rings. The van der Waals surface area contributed by atoms with Crippen molar-refractivity contribution in [2.45, 2.75) is 26.3 Å². The Morgan fingerprint density at radius 2 is 1.57 bits per heavy atom. The first-order valence-corrected chi connectivity index (χ1v) is 13.4. The van der Waals surface area contributed by atoms with Gasteiger partial charge < -0.3 is 24.4 Å². The molecular formula is C29H29ClF3N5O2. The molecule has 0 atom stereocenters. The first kappa shape index (κ1) is 27.6. The predicted molar refractivity (Wildman–Crippen MR) is 150 cm³/mol. The second kappa shape index (κ2) is 11.3. The van der Waals surface area contributed by atoms with Gasteiger partial charge in [-0.15, -0.1) is 13.2 Å². The van der Waals surface area contributed by atoms with E-state index >= 15 is 0 Å². The summed E-state index contributed by atoms with van der Waals surface area (Å²) in [6, 6.07) is 15.8. The fraction of sp³-hybridized carbons (Fsp3) is 0.310. The Labute approximate surface area is 235 Å². The van der Waals surface area contributed by atoms with Crippen molar-refractivity contribution >= 4 is 39.9 Å². The maximum Gasteiger partial charge on any atom is 0.573 e. The second-order valence-electron chi connectivity index (χ2n) is 9.62. The van der Waals surface area contributed by atoms with Gasteiger partial charge in [-0.3, -0.25) is 4.79 Å². The third-order valence-electron chi connectivity index (χ3n) is 7.15. The van der Waals surface area contributed by atoms with Crippen LogP contribution in [0.15, 0.2) is 60.8 Å². The first-order valence-electron chi connectivity index (χ1n) is 13.0. The number of amides is 1. The molecule has 1 N–H and O–H groups in total. The molecule has 1 aliphatic heterocycles. The number of carbonyl (C=O) groups excluding carboxylic acids is 1. The van der Waals surface area contributed by atoms with Crippen LogP contribution in [0.3, 0.4) is 0 Å². The lowest BCUT2D eigenvalue weighted by atomic mass is 10.1. The number of anilines is 2. The number of halogens is 4. The lowest BCUT2D eigenvalue weighted by Crippen LogP contribution is -2.46. The number of carbonyl (C=O) groups is 1. The Morgan fingerprint density at radius 3 is 2.12 bits per heavy atom. The molecule has 3 heterocycles. The van der Waals surface area contributed by atoms with E-state index in [1.165, 1.54) is 12.1 Å². The number of benzene rings is 2. The van der Waals surface area contributed by atoms with Gasteiger partial charge in [-0.25, -0.2) is 4.98 Å². The number of piperazine rings is 1. The zero-order chi connectivity index (χ0) is 28.4.